The van der Waals surface area contributed by atoms with Crippen molar-refractivity contribution in [2.24, 2.45) is 0 Å². The first-order valence-corrected chi connectivity index (χ1v) is 3.82. The van der Waals surface area contributed by atoms with Gasteiger partial charge < -0.3 is 10.2 Å². The van der Waals surface area contributed by atoms with Gasteiger partial charge in [-0.3, -0.25) is 4.79 Å². The first kappa shape index (κ1) is 7.00. The van der Waals surface area contributed by atoms with Gasteiger partial charge in [0.2, 0.25) is 0 Å². The quantitative estimate of drug-likeness (QED) is 0.487. The predicted molar refractivity (Wildman–Crippen MR) is 37.7 cm³/mol. The Morgan fingerprint density at radius 1 is 1.27 bits per heavy atom. The van der Waals surface area contributed by atoms with Crippen molar-refractivity contribution in [2.45, 2.75) is 31.5 Å². The molecule has 0 heterocycles. The smallest absolute Gasteiger partial charge is 0.190 e. The van der Waals surface area contributed by atoms with Crippen LogP contribution >= 0.6 is 0 Å². The largest absolute Gasteiger partial charge is 0.362 e. The van der Waals surface area contributed by atoms with Gasteiger partial charge in [-0.15, -0.1) is 0 Å². The van der Waals surface area contributed by atoms with Gasteiger partial charge in [0.05, 0.1) is 0 Å². The number of ketones is 1. The maximum absolute atomic E-state index is 11.1. The predicted octanol–water partition coefficient (Wildman–Crippen LogP) is 0.121. The minimum absolute atomic E-state index is 0.102. The highest BCUT2D eigenvalue weighted by Gasteiger charge is 2.45. The summed E-state index contributed by atoms with van der Waals surface area (Å²) in [7, 11) is 0. The molecule has 0 spiro atoms. The standard InChI is InChI=1S/C8H10O3/c9-7-3-1-2-6-5(7)4-8(6,10)11/h10-11H,1-4H2. The van der Waals surface area contributed by atoms with Crippen LogP contribution in [0.2, 0.25) is 0 Å². The molecule has 0 fully saturated rings. The van der Waals surface area contributed by atoms with Crippen LogP contribution in [-0.2, 0) is 4.79 Å². The molecular weight excluding hydrogens is 144 g/mol. The van der Waals surface area contributed by atoms with E-state index in [-0.39, 0.29) is 12.2 Å². The van der Waals surface area contributed by atoms with E-state index in [0.29, 0.717) is 24.0 Å². The average Bonchev–Trinajstić information content (AvgIpc) is 1.92. The first-order chi connectivity index (χ1) is 5.11. The summed E-state index contributed by atoms with van der Waals surface area (Å²) in [6.07, 6.45) is 2.16. The molecule has 0 atom stereocenters. The van der Waals surface area contributed by atoms with Gasteiger partial charge in [0.25, 0.3) is 0 Å². The summed E-state index contributed by atoms with van der Waals surface area (Å²) in [6, 6.07) is 0. The maximum Gasteiger partial charge on any atom is 0.190 e. The van der Waals surface area contributed by atoms with Gasteiger partial charge in [0, 0.05) is 18.4 Å². The second-order valence-corrected chi connectivity index (χ2v) is 3.23. The molecule has 2 N–H and O–H groups in total. The van der Waals surface area contributed by atoms with Crippen LogP contribution in [0.1, 0.15) is 25.7 Å². The van der Waals surface area contributed by atoms with Crippen molar-refractivity contribution in [3.05, 3.63) is 11.1 Å². The molecule has 11 heavy (non-hydrogen) atoms. The van der Waals surface area contributed by atoms with Gasteiger partial charge in [-0.1, -0.05) is 0 Å². The van der Waals surface area contributed by atoms with Crippen LogP contribution in [0.5, 0.6) is 0 Å². The monoisotopic (exact) mass is 154 g/mol. The molecule has 60 valence electrons. The highest BCUT2D eigenvalue weighted by molar-refractivity contribution is 5.99. The number of hydrogen-bond acceptors (Lipinski definition) is 3. The lowest BCUT2D eigenvalue weighted by Gasteiger charge is -2.39. The fourth-order valence-corrected chi connectivity index (χ4v) is 1.79. The summed E-state index contributed by atoms with van der Waals surface area (Å²) in [6.45, 7) is 0. The van der Waals surface area contributed by atoms with Crippen molar-refractivity contribution in [3.63, 3.8) is 0 Å². The zero-order valence-corrected chi connectivity index (χ0v) is 6.13. The lowest BCUT2D eigenvalue weighted by molar-refractivity contribution is -0.154. The molecule has 0 unspecified atom stereocenters. The molecule has 0 aromatic carbocycles. The van der Waals surface area contributed by atoms with Crippen LogP contribution in [0.25, 0.3) is 0 Å². The van der Waals surface area contributed by atoms with Gasteiger partial charge in [-0.25, -0.2) is 0 Å². The number of hydrogen-bond donors (Lipinski definition) is 2. The van der Waals surface area contributed by atoms with Gasteiger partial charge in [-0.05, 0) is 18.4 Å². The molecule has 3 nitrogen and oxygen atoms in total. The molecule has 0 saturated heterocycles. The second-order valence-electron chi connectivity index (χ2n) is 3.23. The molecule has 0 radical (unpaired) electrons. The van der Waals surface area contributed by atoms with E-state index in [1.165, 1.54) is 0 Å². The third-order valence-electron chi connectivity index (χ3n) is 2.44. The van der Waals surface area contributed by atoms with Crippen molar-refractivity contribution in [1.82, 2.24) is 0 Å². The summed E-state index contributed by atoms with van der Waals surface area (Å²) in [5.74, 6) is -1.55. The van der Waals surface area contributed by atoms with Crippen molar-refractivity contribution < 1.29 is 15.0 Å². The SMILES string of the molecule is O=C1CCCC2=C1CC2(O)O. The van der Waals surface area contributed by atoms with E-state index < -0.39 is 5.79 Å². The van der Waals surface area contributed by atoms with E-state index in [2.05, 4.69) is 0 Å². The van der Waals surface area contributed by atoms with Crippen molar-refractivity contribution in [1.29, 1.82) is 0 Å². The Hall–Kier alpha value is -0.670. The number of aliphatic hydroxyl groups is 2. The summed E-state index contributed by atoms with van der Waals surface area (Å²) >= 11 is 0. The van der Waals surface area contributed by atoms with Gasteiger partial charge in [-0.2, -0.15) is 0 Å². The van der Waals surface area contributed by atoms with Crippen LogP contribution in [0.15, 0.2) is 11.1 Å². The van der Waals surface area contributed by atoms with Crippen molar-refractivity contribution in [3.8, 4) is 0 Å². The number of carbonyl (C=O) groups is 1. The third kappa shape index (κ3) is 0.847. The Morgan fingerprint density at radius 2 is 2.00 bits per heavy atom. The number of carbonyl (C=O) groups excluding carboxylic acids is 1. The van der Waals surface area contributed by atoms with E-state index in [4.69, 9.17) is 0 Å². The summed E-state index contributed by atoms with van der Waals surface area (Å²) in [5.41, 5.74) is 1.23. The fourth-order valence-electron chi connectivity index (χ4n) is 1.79. The Balaban J connectivity index is 2.35. The van der Waals surface area contributed by atoms with Gasteiger partial charge in [0.1, 0.15) is 0 Å². The number of rotatable bonds is 0. The highest BCUT2D eigenvalue weighted by atomic mass is 16.5. The topological polar surface area (TPSA) is 57.5 Å². The second kappa shape index (κ2) is 1.93. The molecule has 2 rings (SSSR count). The normalized spacial score (nSPS) is 28.0. The van der Waals surface area contributed by atoms with Crippen molar-refractivity contribution >= 4 is 5.78 Å². The van der Waals surface area contributed by atoms with Crippen LogP contribution in [0.4, 0.5) is 0 Å². The summed E-state index contributed by atoms with van der Waals surface area (Å²) in [4.78, 5) is 11.1. The molecule has 0 aromatic heterocycles. The third-order valence-corrected chi connectivity index (χ3v) is 2.44. The lowest BCUT2D eigenvalue weighted by atomic mass is 9.73. The van der Waals surface area contributed by atoms with Crippen LogP contribution in [0.3, 0.4) is 0 Å². The Morgan fingerprint density at radius 3 is 2.55 bits per heavy atom. The summed E-state index contributed by atoms with van der Waals surface area (Å²) in [5, 5.41) is 18.3. The average molecular weight is 154 g/mol. The molecule has 2 aliphatic rings. The Kier molecular flexibility index (Phi) is 1.23. The van der Waals surface area contributed by atoms with Crippen LogP contribution in [-0.4, -0.2) is 21.8 Å². The highest BCUT2D eigenvalue weighted by Crippen LogP contribution is 2.43. The fraction of sp³-hybridized carbons (Fsp3) is 0.625. The van der Waals surface area contributed by atoms with Crippen LogP contribution in [0, 0.1) is 0 Å². The first-order valence-electron chi connectivity index (χ1n) is 3.82. The van der Waals surface area contributed by atoms with E-state index in [1.807, 2.05) is 0 Å². The molecule has 2 aliphatic carbocycles. The minimum atomic E-state index is -1.65. The zero-order valence-electron chi connectivity index (χ0n) is 6.13. The molecule has 0 bridgehead atoms. The Labute approximate surface area is 64.3 Å². The Bertz CT molecular complexity index is 250. The van der Waals surface area contributed by atoms with E-state index in [9.17, 15) is 15.0 Å². The van der Waals surface area contributed by atoms with E-state index in [0.717, 1.165) is 6.42 Å². The zero-order chi connectivity index (χ0) is 8.06. The molecular formula is C8H10O3. The molecule has 0 aliphatic heterocycles. The number of Topliss-reactive ketones (excluding diaryl/α,β-unsaturated/α-hetero) is 1. The van der Waals surface area contributed by atoms with E-state index in [1.54, 1.807) is 0 Å². The summed E-state index contributed by atoms with van der Waals surface area (Å²) < 4.78 is 0. The molecule has 0 saturated carbocycles. The van der Waals surface area contributed by atoms with E-state index >= 15 is 0 Å². The van der Waals surface area contributed by atoms with Gasteiger partial charge >= 0.3 is 0 Å². The maximum atomic E-state index is 11.1. The molecule has 0 amide bonds. The molecule has 0 aromatic rings. The van der Waals surface area contributed by atoms with Crippen molar-refractivity contribution in [2.75, 3.05) is 0 Å². The minimum Gasteiger partial charge on any atom is -0.362 e. The lowest BCUT2D eigenvalue weighted by Crippen LogP contribution is -2.44. The van der Waals surface area contributed by atoms with Crippen LogP contribution < -0.4 is 0 Å². The molecule has 3 heteroatoms. The van der Waals surface area contributed by atoms with Gasteiger partial charge in [0.15, 0.2) is 11.6 Å².